The van der Waals surface area contributed by atoms with Crippen LogP contribution in [0.1, 0.15) is 59.3 Å². The van der Waals surface area contributed by atoms with Crippen LogP contribution in [0.15, 0.2) is 0 Å². The number of nitrogens with one attached hydrogen (secondary N) is 1. The number of hydrogen-bond acceptors (Lipinski definition) is 4. The minimum absolute atomic E-state index is 0.175. The minimum Gasteiger partial charge on any atom is -0.460 e. The molecule has 17 heavy (non-hydrogen) atoms. The van der Waals surface area contributed by atoms with Crippen molar-refractivity contribution in [3.05, 3.63) is 0 Å². The summed E-state index contributed by atoms with van der Waals surface area (Å²) in [5, 5.41) is 8.26. The van der Waals surface area contributed by atoms with Crippen molar-refractivity contribution in [2.45, 2.75) is 64.9 Å². The number of hydrogen-bond donors (Lipinski definition) is 2. The zero-order chi connectivity index (χ0) is 13.3. The summed E-state index contributed by atoms with van der Waals surface area (Å²) < 4.78 is 5.16. The number of rotatable bonds is 7. The van der Waals surface area contributed by atoms with Crippen molar-refractivity contribution < 1.29 is 19.5 Å². The molecule has 0 aliphatic heterocycles. The van der Waals surface area contributed by atoms with Crippen LogP contribution in [0.25, 0.3) is 0 Å². The van der Waals surface area contributed by atoms with Gasteiger partial charge in [0, 0.05) is 12.8 Å². The molecule has 0 aromatic carbocycles. The Kier molecular flexibility index (Phi) is 7.54. The fourth-order valence-electron chi connectivity index (χ4n) is 1.36. The summed E-state index contributed by atoms with van der Waals surface area (Å²) >= 11 is 0. The van der Waals surface area contributed by atoms with E-state index in [1.807, 2.05) is 20.8 Å². The third-order valence-electron chi connectivity index (χ3n) is 2.08. The smallest absolute Gasteiger partial charge is 0.306 e. The van der Waals surface area contributed by atoms with Gasteiger partial charge in [0.15, 0.2) is 0 Å². The van der Waals surface area contributed by atoms with Crippen molar-refractivity contribution >= 4 is 11.9 Å². The van der Waals surface area contributed by atoms with Gasteiger partial charge in [-0.15, -0.1) is 0 Å². The van der Waals surface area contributed by atoms with Gasteiger partial charge in [0.2, 0.25) is 5.91 Å². The number of ether oxygens (including phenoxy) is 1. The van der Waals surface area contributed by atoms with Gasteiger partial charge in [0.1, 0.15) is 5.60 Å². The molecule has 0 rings (SSSR count). The van der Waals surface area contributed by atoms with Crippen LogP contribution in [0.2, 0.25) is 0 Å². The topological polar surface area (TPSA) is 75.6 Å². The zero-order valence-electron chi connectivity index (χ0n) is 10.9. The Bertz CT molecular complexity index is 245. The van der Waals surface area contributed by atoms with Gasteiger partial charge in [-0.2, -0.15) is 0 Å². The third-order valence-corrected chi connectivity index (χ3v) is 2.08. The highest BCUT2D eigenvalue weighted by Crippen LogP contribution is 2.11. The van der Waals surface area contributed by atoms with Crippen molar-refractivity contribution in [1.29, 1.82) is 0 Å². The first kappa shape index (κ1) is 15.9. The van der Waals surface area contributed by atoms with Crippen LogP contribution < -0.4 is 5.48 Å². The Hall–Kier alpha value is -1.10. The van der Waals surface area contributed by atoms with Gasteiger partial charge < -0.3 is 4.74 Å². The van der Waals surface area contributed by atoms with Gasteiger partial charge >= 0.3 is 5.97 Å². The second kappa shape index (κ2) is 8.06. The van der Waals surface area contributed by atoms with Crippen molar-refractivity contribution in [3.63, 3.8) is 0 Å². The van der Waals surface area contributed by atoms with Crippen LogP contribution in [-0.2, 0) is 14.3 Å². The van der Waals surface area contributed by atoms with Gasteiger partial charge in [0.05, 0.1) is 0 Å². The first-order valence-electron chi connectivity index (χ1n) is 6.00. The SMILES string of the molecule is CC(C)(C)OC(=O)CCCCCCC(=O)NO. The van der Waals surface area contributed by atoms with Gasteiger partial charge in [-0.3, -0.25) is 14.8 Å². The summed E-state index contributed by atoms with van der Waals surface area (Å²) in [5.74, 6) is -0.539. The van der Waals surface area contributed by atoms with Crippen molar-refractivity contribution in [1.82, 2.24) is 5.48 Å². The van der Waals surface area contributed by atoms with E-state index in [-0.39, 0.29) is 11.9 Å². The fraction of sp³-hybridized carbons (Fsp3) is 0.833. The standard InChI is InChI=1S/C12H23NO4/c1-12(2,3)17-11(15)9-7-5-4-6-8-10(14)13-16/h16H,4-9H2,1-3H3,(H,13,14). The average molecular weight is 245 g/mol. The summed E-state index contributed by atoms with van der Waals surface area (Å²) in [6.45, 7) is 5.54. The highest BCUT2D eigenvalue weighted by molar-refractivity contribution is 5.74. The van der Waals surface area contributed by atoms with Crippen molar-refractivity contribution in [3.8, 4) is 0 Å². The lowest BCUT2D eigenvalue weighted by atomic mass is 10.1. The fourth-order valence-corrected chi connectivity index (χ4v) is 1.36. The summed E-state index contributed by atoms with van der Waals surface area (Å²) in [5.41, 5.74) is 1.17. The molecule has 100 valence electrons. The molecule has 5 nitrogen and oxygen atoms in total. The Balaban J connectivity index is 3.40. The quantitative estimate of drug-likeness (QED) is 0.312. The molecule has 0 unspecified atom stereocenters. The maximum absolute atomic E-state index is 11.3. The number of carbonyl (C=O) groups is 2. The predicted molar refractivity (Wildman–Crippen MR) is 63.5 cm³/mol. The molecule has 0 atom stereocenters. The Labute approximate surface area is 102 Å². The summed E-state index contributed by atoms with van der Waals surface area (Å²) in [7, 11) is 0. The number of carbonyl (C=O) groups excluding carboxylic acids is 2. The molecule has 0 radical (unpaired) electrons. The summed E-state index contributed by atoms with van der Waals surface area (Å²) in [4.78, 5) is 22.0. The van der Waals surface area contributed by atoms with Crippen LogP contribution in [0.5, 0.6) is 0 Å². The molecular weight excluding hydrogens is 222 g/mol. The first-order chi connectivity index (χ1) is 7.85. The Morgan fingerprint density at radius 2 is 1.59 bits per heavy atom. The predicted octanol–water partition coefficient (Wildman–Crippen LogP) is 2.17. The van der Waals surface area contributed by atoms with E-state index in [0.717, 1.165) is 25.7 Å². The van der Waals surface area contributed by atoms with Gasteiger partial charge in [-0.1, -0.05) is 12.8 Å². The molecule has 0 saturated heterocycles. The minimum atomic E-state index is -0.420. The van der Waals surface area contributed by atoms with Crippen LogP contribution in [0, 0.1) is 0 Å². The molecule has 0 spiro atoms. The lowest BCUT2D eigenvalue weighted by molar-refractivity contribution is -0.154. The van der Waals surface area contributed by atoms with Crippen molar-refractivity contribution in [2.24, 2.45) is 0 Å². The van der Waals surface area contributed by atoms with E-state index in [0.29, 0.717) is 12.8 Å². The number of unbranched alkanes of at least 4 members (excludes halogenated alkanes) is 3. The molecule has 0 heterocycles. The Morgan fingerprint density at radius 1 is 1.06 bits per heavy atom. The van der Waals surface area contributed by atoms with Crippen LogP contribution >= 0.6 is 0 Å². The second-order valence-corrected chi connectivity index (χ2v) is 5.04. The maximum atomic E-state index is 11.3. The van der Waals surface area contributed by atoms with Gasteiger partial charge in [-0.25, -0.2) is 5.48 Å². The highest BCUT2D eigenvalue weighted by Gasteiger charge is 2.15. The van der Waals surface area contributed by atoms with E-state index >= 15 is 0 Å². The van der Waals surface area contributed by atoms with E-state index in [4.69, 9.17) is 9.94 Å². The monoisotopic (exact) mass is 245 g/mol. The molecule has 1 amide bonds. The largest absolute Gasteiger partial charge is 0.460 e. The normalized spacial score (nSPS) is 11.1. The van der Waals surface area contributed by atoms with Gasteiger partial charge in [-0.05, 0) is 33.6 Å². The molecule has 0 bridgehead atoms. The Morgan fingerprint density at radius 3 is 2.06 bits per heavy atom. The third kappa shape index (κ3) is 11.2. The van der Waals surface area contributed by atoms with E-state index in [9.17, 15) is 9.59 Å². The average Bonchev–Trinajstić information content (AvgIpc) is 2.20. The lowest BCUT2D eigenvalue weighted by Gasteiger charge is -2.19. The zero-order valence-corrected chi connectivity index (χ0v) is 10.9. The summed E-state index contributed by atoms with van der Waals surface area (Å²) in [6, 6.07) is 0. The molecule has 0 fully saturated rings. The molecule has 0 aromatic rings. The van der Waals surface area contributed by atoms with Crippen LogP contribution in [0.4, 0.5) is 0 Å². The van der Waals surface area contributed by atoms with Gasteiger partial charge in [0.25, 0.3) is 0 Å². The van der Waals surface area contributed by atoms with E-state index in [1.165, 1.54) is 0 Å². The molecule has 0 aliphatic rings. The van der Waals surface area contributed by atoms with Crippen LogP contribution in [-0.4, -0.2) is 22.7 Å². The molecular formula is C12H23NO4. The molecule has 0 aromatic heterocycles. The number of amides is 1. The molecule has 0 saturated carbocycles. The van der Waals surface area contributed by atoms with Crippen LogP contribution in [0.3, 0.4) is 0 Å². The first-order valence-corrected chi connectivity index (χ1v) is 6.00. The number of hydroxylamine groups is 1. The lowest BCUT2D eigenvalue weighted by Crippen LogP contribution is -2.23. The second-order valence-electron chi connectivity index (χ2n) is 5.04. The van der Waals surface area contributed by atoms with E-state index < -0.39 is 5.60 Å². The number of esters is 1. The molecule has 5 heteroatoms. The highest BCUT2D eigenvalue weighted by atomic mass is 16.6. The van der Waals surface area contributed by atoms with E-state index in [2.05, 4.69) is 0 Å². The van der Waals surface area contributed by atoms with Crippen molar-refractivity contribution in [2.75, 3.05) is 0 Å². The molecule has 2 N–H and O–H groups in total. The summed E-state index contributed by atoms with van der Waals surface area (Å²) in [6.07, 6.45) is 4.00. The molecule has 0 aliphatic carbocycles. The maximum Gasteiger partial charge on any atom is 0.306 e. The van der Waals surface area contributed by atoms with E-state index in [1.54, 1.807) is 5.48 Å².